The molecule has 1 aliphatic heterocycles. The topological polar surface area (TPSA) is 49.9 Å². The molecule has 5 nitrogen and oxygen atoms in total. The van der Waals surface area contributed by atoms with Gasteiger partial charge >= 0.3 is 6.09 Å². The minimum absolute atomic E-state index is 0.147. The monoisotopic (exact) mass is 364 g/mol. The summed E-state index contributed by atoms with van der Waals surface area (Å²) in [6, 6.07) is 4.29. The van der Waals surface area contributed by atoms with Gasteiger partial charge in [-0.05, 0) is 64.2 Å². The smallest absolute Gasteiger partial charge is 0.410 e. The number of hydrogen-bond acceptors (Lipinski definition) is 3. The second-order valence-electron chi connectivity index (χ2n) is 8.08. The Labute approximate surface area is 155 Å². The first-order valence-electron chi connectivity index (χ1n) is 9.06. The van der Waals surface area contributed by atoms with Gasteiger partial charge in [0.05, 0.1) is 0 Å². The third kappa shape index (κ3) is 5.44. The third-order valence-corrected chi connectivity index (χ3v) is 4.47. The van der Waals surface area contributed by atoms with Gasteiger partial charge in [0.25, 0.3) is 5.91 Å². The summed E-state index contributed by atoms with van der Waals surface area (Å²) in [6.45, 7) is 9.05. The zero-order valence-corrected chi connectivity index (χ0v) is 16.3. The first-order valence-corrected chi connectivity index (χ1v) is 9.06. The number of amides is 2. The summed E-state index contributed by atoms with van der Waals surface area (Å²) in [5.74, 6) is -0.372. The normalized spacial score (nSPS) is 17.8. The molecule has 1 saturated heterocycles. The molecular weight excluding hydrogens is 335 g/mol. The van der Waals surface area contributed by atoms with Gasteiger partial charge in [-0.15, -0.1) is 0 Å². The lowest BCUT2D eigenvalue weighted by molar-refractivity contribution is 0.0244. The summed E-state index contributed by atoms with van der Waals surface area (Å²) < 4.78 is 18.9. The Morgan fingerprint density at radius 2 is 2.04 bits per heavy atom. The fourth-order valence-electron chi connectivity index (χ4n) is 3.20. The van der Waals surface area contributed by atoms with Crippen LogP contribution in [0.15, 0.2) is 18.2 Å². The zero-order chi connectivity index (χ0) is 19.5. The van der Waals surface area contributed by atoms with Crippen LogP contribution in [0.25, 0.3) is 0 Å². The van der Waals surface area contributed by atoms with Gasteiger partial charge < -0.3 is 14.5 Å². The molecule has 0 aromatic heterocycles. The van der Waals surface area contributed by atoms with E-state index in [-0.39, 0.29) is 17.9 Å². The van der Waals surface area contributed by atoms with Crippen LogP contribution in [0.4, 0.5) is 9.18 Å². The van der Waals surface area contributed by atoms with E-state index in [1.807, 2.05) is 27.7 Å². The van der Waals surface area contributed by atoms with Crippen molar-refractivity contribution in [2.24, 2.45) is 5.92 Å². The Kier molecular flexibility index (Phi) is 6.26. The molecule has 1 aromatic carbocycles. The predicted octanol–water partition coefficient (Wildman–Crippen LogP) is 3.85. The Bertz CT molecular complexity index is 670. The number of benzene rings is 1. The van der Waals surface area contributed by atoms with Crippen LogP contribution in [-0.4, -0.2) is 54.1 Å². The number of hydrogen-bond donors (Lipinski definition) is 0. The zero-order valence-electron chi connectivity index (χ0n) is 16.3. The Morgan fingerprint density at radius 3 is 2.69 bits per heavy atom. The van der Waals surface area contributed by atoms with Crippen LogP contribution in [0.2, 0.25) is 0 Å². The van der Waals surface area contributed by atoms with Crippen molar-refractivity contribution in [3.63, 3.8) is 0 Å². The van der Waals surface area contributed by atoms with E-state index in [0.717, 1.165) is 18.4 Å². The number of carbonyl (C=O) groups is 2. The quantitative estimate of drug-likeness (QED) is 0.818. The molecule has 0 radical (unpaired) electrons. The first kappa shape index (κ1) is 20.2. The summed E-state index contributed by atoms with van der Waals surface area (Å²) in [4.78, 5) is 28.2. The molecular formula is C20H29FN2O3. The van der Waals surface area contributed by atoms with Crippen molar-refractivity contribution < 1.29 is 18.7 Å². The van der Waals surface area contributed by atoms with Gasteiger partial charge in [0.2, 0.25) is 0 Å². The number of carbonyl (C=O) groups excluding carboxylic acids is 2. The maximum atomic E-state index is 13.5. The van der Waals surface area contributed by atoms with E-state index in [9.17, 15) is 14.0 Å². The van der Waals surface area contributed by atoms with Crippen molar-refractivity contribution >= 4 is 12.0 Å². The van der Waals surface area contributed by atoms with Crippen molar-refractivity contribution in [3.05, 3.63) is 35.1 Å². The van der Waals surface area contributed by atoms with Crippen molar-refractivity contribution in [2.45, 2.75) is 46.1 Å². The highest BCUT2D eigenvalue weighted by molar-refractivity contribution is 5.95. The number of ether oxygens (including phenoxy) is 1. The number of halogens is 1. The van der Waals surface area contributed by atoms with Crippen molar-refractivity contribution in [1.82, 2.24) is 9.80 Å². The largest absolute Gasteiger partial charge is 0.444 e. The number of nitrogens with zero attached hydrogens (tertiary/aromatic N) is 2. The van der Waals surface area contributed by atoms with Crippen LogP contribution in [0.3, 0.4) is 0 Å². The minimum Gasteiger partial charge on any atom is -0.444 e. The molecule has 0 N–H and O–H groups in total. The van der Waals surface area contributed by atoms with Gasteiger partial charge in [0, 0.05) is 32.2 Å². The number of rotatable bonds is 3. The summed E-state index contributed by atoms with van der Waals surface area (Å²) in [5.41, 5.74) is 0.644. The summed E-state index contributed by atoms with van der Waals surface area (Å²) >= 11 is 0. The molecule has 1 aromatic rings. The lowest BCUT2D eigenvalue weighted by Gasteiger charge is -2.35. The van der Waals surface area contributed by atoms with E-state index in [2.05, 4.69) is 0 Å². The van der Waals surface area contributed by atoms with Crippen LogP contribution >= 0.6 is 0 Å². The van der Waals surface area contributed by atoms with Crippen LogP contribution in [-0.2, 0) is 4.74 Å². The molecule has 26 heavy (non-hydrogen) atoms. The molecule has 0 bridgehead atoms. The van der Waals surface area contributed by atoms with Gasteiger partial charge in [-0.3, -0.25) is 4.79 Å². The molecule has 1 heterocycles. The van der Waals surface area contributed by atoms with E-state index in [1.165, 1.54) is 12.1 Å². The van der Waals surface area contributed by atoms with Crippen LogP contribution in [0, 0.1) is 18.7 Å². The van der Waals surface area contributed by atoms with Gasteiger partial charge in [-0.25, -0.2) is 9.18 Å². The number of piperidine rings is 1. The molecule has 1 atom stereocenters. The fourth-order valence-corrected chi connectivity index (χ4v) is 3.20. The Hall–Kier alpha value is -2.11. The van der Waals surface area contributed by atoms with E-state index >= 15 is 0 Å². The third-order valence-electron chi connectivity index (χ3n) is 4.47. The average molecular weight is 364 g/mol. The van der Waals surface area contributed by atoms with Gasteiger partial charge in [0.15, 0.2) is 0 Å². The number of aryl methyl sites for hydroxylation is 1. The highest BCUT2D eigenvalue weighted by Crippen LogP contribution is 2.22. The highest BCUT2D eigenvalue weighted by atomic mass is 19.1. The maximum Gasteiger partial charge on any atom is 0.410 e. The lowest BCUT2D eigenvalue weighted by atomic mass is 9.96. The van der Waals surface area contributed by atoms with E-state index in [4.69, 9.17) is 4.74 Å². The molecule has 2 amide bonds. The molecule has 1 fully saturated rings. The molecule has 6 heteroatoms. The van der Waals surface area contributed by atoms with Crippen molar-refractivity contribution in [3.8, 4) is 0 Å². The lowest BCUT2D eigenvalue weighted by Crippen LogP contribution is -2.45. The fraction of sp³-hybridized carbons (Fsp3) is 0.600. The summed E-state index contributed by atoms with van der Waals surface area (Å²) in [7, 11) is 1.71. The maximum absolute atomic E-state index is 13.5. The second-order valence-corrected chi connectivity index (χ2v) is 8.08. The van der Waals surface area contributed by atoms with Crippen molar-refractivity contribution in [2.75, 3.05) is 26.7 Å². The molecule has 2 rings (SSSR count). The Morgan fingerprint density at radius 1 is 1.35 bits per heavy atom. The molecule has 1 unspecified atom stereocenters. The summed E-state index contributed by atoms with van der Waals surface area (Å²) in [5, 5.41) is 0. The molecule has 0 spiro atoms. The minimum atomic E-state index is -0.533. The van der Waals surface area contributed by atoms with E-state index < -0.39 is 11.4 Å². The molecule has 1 aliphatic rings. The molecule has 0 saturated carbocycles. The van der Waals surface area contributed by atoms with Gasteiger partial charge in [-0.2, -0.15) is 0 Å². The van der Waals surface area contributed by atoms with Crippen LogP contribution < -0.4 is 0 Å². The summed E-state index contributed by atoms with van der Waals surface area (Å²) in [6.07, 6.45) is 1.45. The Balaban J connectivity index is 1.99. The van der Waals surface area contributed by atoms with Crippen molar-refractivity contribution in [1.29, 1.82) is 0 Å². The predicted molar refractivity (Wildman–Crippen MR) is 98.6 cm³/mol. The standard InChI is InChI=1S/C20H29FN2O3/c1-14-8-9-16(21)11-17(14)18(24)23-10-6-7-15(13-23)12-22(5)19(25)26-20(2,3)4/h8-9,11,15H,6-7,10,12-13H2,1-5H3. The number of likely N-dealkylation sites (tertiary alicyclic amines) is 1. The van der Waals surface area contributed by atoms with Gasteiger partial charge in [-0.1, -0.05) is 6.07 Å². The molecule has 144 valence electrons. The van der Waals surface area contributed by atoms with Crippen LogP contribution in [0.1, 0.15) is 49.5 Å². The van der Waals surface area contributed by atoms with E-state index in [1.54, 1.807) is 22.9 Å². The second kappa shape index (κ2) is 8.06. The van der Waals surface area contributed by atoms with Crippen LogP contribution in [0.5, 0.6) is 0 Å². The van der Waals surface area contributed by atoms with E-state index in [0.29, 0.717) is 25.2 Å². The SMILES string of the molecule is Cc1ccc(F)cc1C(=O)N1CCCC(CN(C)C(=O)OC(C)(C)C)C1. The first-order chi connectivity index (χ1) is 12.1. The molecule has 0 aliphatic carbocycles. The van der Waals surface area contributed by atoms with Gasteiger partial charge in [0.1, 0.15) is 11.4 Å². The highest BCUT2D eigenvalue weighted by Gasteiger charge is 2.28. The average Bonchev–Trinajstić information content (AvgIpc) is 2.55.